The highest BCUT2D eigenvalue weighted by Crippen LogP contribution is 2.44. The molecule has 9 heteroatoms. The average molecular weight is 467 g/mol. The number of rotatable bonds is 3. The van der Waals surface area contributed by atoms with Gasteiger partial charge in [0.15, 0.2) is 11.5 Å². The van der Waals surface area contributed by atoms with Crippen LogP contribution in [0.4, 0.5) is 9.18 Å². The third-order valence-electron chi connectivity index (χ3n) is 7.54. The fraction of sp³-hybridized carbons (Fsp3) is 0.440. The van der Waals surface area contributed by atoms with Crippen LogP contribution in [0.5, 0.6) is 0 Å². The number of hydrogen-bond donors (Lipinski definition) is 2. The van der Waals surface area contributed by atoms with Crippen molar-refractivity contribution in [3.63, 3.8) is 0 Å². The number of aryl methyl sites for hydroxylation is 1. The first-order valence-corrected chi connectivity index (χ1v) is 11.5. The van der Waals surface area contributed by atoms with Crippen molar-refractivity contribution in [1.82, 2.24) is 20.5 Å². The summed E-state index contributed by atoms with van der Waals surface area (Å²) in [5.74, 6) is -0.775. The summed E-state index contributed by atoms with van der Waals surface area (Å²) < 4.78 is 21.1. The number of fused-ring (bicyclic) bond motifs is 1. The molecular formula is C25H27FN4O4. The molecule has 2 aromatic rings. The van der Waals surface area contributed by atoms with E-state index in [1.807, 2.05) is 25.1 Å². The number of oxazole rings is 1. The number of hydrogen-bond acceptors (Lipinski definition) is 5. The number of piperidine rings is 1. The topological polar surface area (TPSA) is 105 Å². The number of carbonyl (C=O) groups excluding carboxylic acids is 3. The summed E-state index contributed by atoms with van der Waals surface area (Å²) in [4.78, 5) is 43.4. The van der Waals surface area contributed by atoms with Gasteiger partial charge in [0.2, 0.25) is 0 Å². The number of nitrogens with one attached hydrogen (secondary N) is 2. The van der Waals surface area contributed by atoms with E-state index >= 15 is 4.39 Å². The predicted molar refractivity (Wildman–Crippen MR) is 122 cm³/mol. The largest absolute Gasteiger partial charge is 0.440 e. The van der Waals surface area contributed by atoms with Crippen molar-refractivity contribution in [2.45, 2.75) is 51.5 Å². The summed E-state index contributed by atoms with van der Waals surface area (Å²) in [7, 11) is 0. The molecule has 0 radical (unpaired) electrons. The Balaban J connectivity index is 1.26. The van der Waals surface area contributed by atoms with E-state index in [2.05, 4.69) is 15.6 Å². The van der Waals surface area contributed by atoms with Gasteiger partial charge in [-0.25, -0.2) is 14.2 Å². The zero-order valence-corrected chi connectivity index (χ0v) is 19.4. The Morgan fingerprint density at radius 3 is 2.62 bits per heavy atom. The van der Waals surface area contributed by atoms with E-state index in [0.717, 1.165) is 16.7 Å². The zero-order chi connectivity index (χ0) is 24.3. The van der Waals surface area contributed by atoms with E-state index in [9.17, 15) is 14.4 Å². The molecule has 0 spiro atoms. The maximum absolute atomic E-state index is 15.2. The van der Waals surface area contributed by atoms with Crippen molar-refractivity contribution < 1.29 is 23.2 Å². The van der Waals surface area contributed by atoms with E-state index in [1.54, 1.807) is 18.7 Å². The first-order chi connectivity index (χ1) is 16.1. The number of halogens is 1. The second-order valence-corrected chi connectivity index (χ2v) is 9.85. The smallest absolute Gasteiger partial charge is 0.322 e. The minimum atomic E-state index is -1.30. The molecule has 1 aromatic carbocycles. The first-order valence-electron chi connectivity index (χ1n) is 11.5. The van der Waals surface area contributed by atoms with Gasteiger partial charge in [-0.15, -0.1) is 0 Å². The molecule has 5 rings (SSSR count). The lowest BCUT2D eigenvalue weighted by Gasteiger charge is -2.41. The van der Waals surface area contributed by atoms with Crippen LogP contribution in [0.15, 0.2) is 46.2 Å². The molecule has 2 aliphatic heterocycles. The van der Waals surface area contributed by atoms with E-state index in [-0.39, 0.29) is 23.8 Å². The molecule has 3 heterocycles. The fourth-order valence-corrected chi connectivity index (χ4v) is 5.04. The van der Waals surface area contributed by atoms with Crippen LogP contribution in [0.2, 0.25) is 0 Å². The molecule has 2 N–H and O–H groups in total. The van der Waals surface area contributed by atoms with Crippen LogP contribution in [-0.2, 0) is 9.59 Å². The Labute approximate surface area is 196 Å². The first kappa shape index (κ1) is 22.3. The summed E-state index contributed by atoms with van der Waals surface area (Å²) >= 11 is 0. The van der Waals surface area contributed by atoms with Gasteiger partial charge in [0.25, 0.3) is 11.8 Å². The van der Waals surface area contributed by atoms with Crippen LogP contribution in [0.25, 0.3) is 11.1 Å². The SMILES string of the molecule is Cc1ccc2nc(C3CCN(C(=O)C4=CCC(C)([C@@]5(C)NC(=O)NC5=O)C=C4F)CC3)oc2c1. The van der Waals surface area contributed by atoms with Crippen LogP contribution >= 0.6 is 0 Å². The molecule has 2 atom stereocenters. The molecular weight excluding hydrogens is 439 g/mol. The van der Waals surface area contributed by atoms with E-state index in [1.165, 1.54) is 12.2 Å². The van der Waals surface area contributed by atoms with Gasteiger partial charge < -0.3 is 14.6 Å². The van der Waals surface area contributed by atoms with E-state index < -0.39 is 28.7 Å². The second kappa shape index (κ2) is 7.78. The number of benzene rings is 1. The molecule has 178 valence electrons. The zero-order valence-electron chi connectivity index (χ0n) is 19.4. The minimum Gasteiger partial charge on any atom is -0.440 e. The molecule has 2 saturated heterocycles. The second-order valence-electron chi connectivity index (χ2n) is 9.85. The number of likely N-dealkylation sites (tertiary alicyclic amines) is 1. The van der Waals surface area contributed by atoms with Crippen LogP contribution in [0, 0.1) is 12.3 Å². The number of urea groups is 1. The Kier molecular flexibility index (Phi) is 5.11. The molecule has 4 amide bonds. The van der Waals surface area contributed by atoms with Crippen molar-refractivity contribution in [2.24, 2.45) is 5.41 Å². The number of imide groups is 1. The van der Waals surface area contributed by atoms with Crippen molar-refractivity contribution in [2.75, 3.05) is 13.1 Å². The Bertz CT molecular complexity index is 1270. The van der Waals surface area contributed by atoms with Crippen LogP contribution in [0.3, 0.4) is 0 Å². The Morgan fingerprint density at radius 2 is 1.97 bits per heavy atom. The van der Waals surface area contributed by atoms with Gasteiger partial charge >= 0.3 is 6.03 Å². The minimum absolute atomic E-state index is 0.00148. The lowest BCUT2D eigenvalue weighted by Crippen LogP contribution is -2.56. The highest BCUT2D eigenvalue weighted by atomic mass is 19.1. The summed E-state index contributed by atoms with van der Waals surface area (Å²) in [6, 6.07) is 5.29. The molecule has 1 unspecified atom stereocenters. The van der Waals surface area contributed by atoms with Crippen molar-refractivity contribution in [1.29, 1.82) is 0 Å². The highest BCUT2D eigenvalue weighted by molar-refractivity contribution is 6.07. The summed E-state index contributed by atoms with van der Waals surface area (Å²) in [6.45, 7) is 6.21. The summed E-state index contributed by atoms with van der Waals surface area (Å²) in [5.41, 5.74) is 0.381. The summed E-state index contributed by atoms with van der Waals surface area (Å²) in [6.07, 6.45) is 4.43. The third-order valence-corrected chi connectivity index (χ3v) is 7.54. The predicted octanol–water partition coefficient (Wildman–Crippen LogP) is 3.63. The number of aromatic nitrogens is 1. The number of nitrogens with zero attached hydrogens (tertiary/aromatic N) is 2. The lowest BCUT2D eigenvalue weighted by atomic mass is 9.67. The molecule has 34 heavy (non-hydrogen) atoms. The monoisotopic (exact) mass is 466 g/mol. The van der Waals surface area contributed by atoms with Crippen molar-refractivity contribution in [3.8, 4) is 0 Å². The van der Waals surface area contributed by atoms with Crippen molar-refractivity contribution >= 4 is 28.9 Å². The van der Waals surface area contributed by atoms with Gasteiger partial charge in [-0.3, -0.25) is 14.9 Å². The maximum atomic E-state index is 15.2. The molecule has 1 aliphatic carbocycles. The van der Waals surface area contributed by atoms with Crippen LogP contribution in [-0.4, -0.2) is 46.4 Å². The third kappa shape index (κ3) is 3.50. The van der Waals surface area contributed by atoms with Crippen LogP contribution < -0.4 is 10.6 Å². The van der Waals surface area contributed by atoms with Gasteiger partial charge in [0.1, 0.15) is 16.9 Å². The molecule has 1 aromatic heterocycles. The standard InChI is InChI=1S/C25H27FN4O4/c1-14-4-5-18-19(12-14)34-20(27-18)15-7-10-30(11-8-15)21(31)16-6-9-24(2,13-17(16)26)25(3)22(32)28-23(33)29-25/h4-6,12-13,15H,7-11H2,1-3H3,(H2,28,29,32,33)/t24?,25-/m0/s1. The number of amides is 4. The molecule has 0 bridgehead atoms. The normalized spacial score (nSPS) is 27.9. The van der Waals surface area contributed by atoms with Crippen LogP contribution in [0.1, 0.15) is 50.5 Å². The van der Waals surface area contributed by atoms with E-state index in [4.69, 9.17) is 4.42 Å². The molecule has 3 aliphatic rings. The quantitative estimate of drug-likeness (QED) is 0.673. The van der Waals surface area contributed by atoms with Gasteiger partial charge in [0.05, 0.1) is 5.57 Å². The summed E-state index contributed by atoms with van der Waals surface area (Å²) in [5, 5.41) is 4.81. The fourth-order valence-electron chi connectivity index (χ4n) is 5.04. The van der Waals surface area contributed by atoms with Gasteiger partial charge in [-0.05, 0) is 56.9 Å². The molecule has 2 fully saturated rings. The maximum Gasteiger partial charge on any atom is 0.322 e. The Morgan fingerprint density at radius 1 is 1.24 bits per heavy atom. The van der Waals surface area contributed by atoms with E-state index in [0.29, 0.717) is 31.8 Å². The molecule has 0 saturated carbocycles. The lowest BCUT2D eigenvalue weighted by molar-refractivity contribution is -0.128. The number of carbonyl (C=O) groups is 3. The Hall–Kier alpha value is -3.49. The average Bonchev–Trinajstić information content (AvgIpc) is 3.33. The van der Waals surface area contributed by atoms with Crippen molar-refractivity contribution in [3.05, 3.63) is 53.2 Å². The van der Waals surface area contributed by atoms with Gasteiger partial charge in [0, 0.05) is 24.4 Å². The number of allylic oxidation sites excluding steroid dienone is 1. The highest BCUT2D eigenvalue weighted by Gasteiger charge is 2.55. The van der Waals surface area contributed by atoms with Gasteiger partial charge in [-0.1, -0.05) is 19.1 Å². The molecule has 8 nitrogen and oxygen atoms in total. The van der Waals surface area contributed by atoms with Gasteiger partial charge in [-0.2, -0.15) is 0 Å².